The third kappa shape index (κ3) is 8.34. The Kier molecular flexibility index (Phi) is 8.96. The van der Waals surface area contributed by atoms with Gasteiger partial charge in [-0.1, -0.05) is 19.1 Å². The van der Waals surface area contributed by atoms with Gasteiger partial charge in [-0.3, -0.25) is 9.79 Å². The highest BCUT2D eigenvalue weighted by Gasteiger charge is 2.20. The van der Waals surface area contributed by atoms with Crippen molar-refractivity contribution in [2.24, 2.45) is 10.9 Å². The van der Waals surface area contributed by atoms with Crippen molar-refractivity contribution in [3.63, 3.8) is 0 Å². The molecule has 2 rings (SSSR count). The third-order valence-electron chi connectivity index (χ3n) is 4.21. The molecule has 6 heteroatoms. The Morgan fingerprint density at radius 3 is 2.65 bits per heavy atom. The molecule has 0 unspecified atom stereocenters. The first kappa shape index (κ1) is 20.2. The maximum Gasteiger partial charge on any atom is 0.224 e. The molecule has 0 atom stereocenters. The van der Waals surface area contributed by atoms with Crippen LogP contribution in [0.4, 0.5) is 5.69 Å². The summed E-state index contributed by atoms with van der Waals surface area (Å²) in [4.78, 5) is 15.8. The van der Waals surface area contributed by atoms with E-state index in [2.05, 4.69) is 20.9 Å². The van der Waals surface area contributed by atoms with E-state index in [1.54, 1.807) is 7.05 Å². The van der Waals surface area contributed by atoms with Crippen molar-refractivity contribution >= 4 is 17.6 Å². The molecule has 0 radical (unpaired) electrons. The van der Waals surface area contributed by atoms with E-state index in [4.69, 9.17) is 4.74 Å². The number of guanidine groups is 1. The molecule has 26 heavy (non-hydrogen) atoms. The van der Waals surface area contributed by atoms with Crippen LogP contribution in [0.15, 0.2) is 29.3 Å². The van der Waals surface area contributed by atoms with Gasteiger partial charge in [0.2, 0.25) is 5.91 Å². The second kappa shape index (κ2) is 11.5. The molecular formula is C20H32N4O2. The lowest BCUT2D eigenvalue weighted by atomic mass is 10.2. The van der Waals surface area contributed by atoms with Gasteiger partial charge in [-0.05, 0) is 49.3 Å². The summed E-state index contributed by atoms with van der Waals surface area (Å²) in [5.41, 5.74) is 1.97. The van der Waals surface area contributed by atoms with Gasteiger partial charge in [-0.15, -0.1) is 0 Å². The van der Waals surface area contributed by atoms with Crippen molar-refractivity contribution in [1.29, 1.82) is 0 Å². The summed E-state index contributed by atoms with van der Waals surface area (Å²) in [5, 5.41) is 9.49. The number of carbonyl (C=O) groups excluding carboxylic acids is 1. The zero-order valence-electron chi connectivity index (χ0n) is 16.0. The summed E-state index contributed by atoms with van der Waals surface area (Å²) in [7, 11) is 1.77. The molecule has 0 heterocycles. The van der Waals surface area contributed by atoms with Gasteiger partial charge in [0.25, 0.3) is 0 Å². The van der Waals surface area contributed by atoms with Gasteiger partial charge in [0.05, 0.1) is 0 Å². The van der Waals surface area contributed by atoms with Crippen LogP contribution in [0, 0.1) is 5.92 Å². The molecule has 0 aromatic heterocycles. The van der Waals surface area contributed by atoms with Gasteiger partial charge in [-0.25, -0.2) is 0 Å². The third-order valence-corrected chi connectivity index (χ3v) is 4.21. The lowest BCUT2D eigenvalue weighted by Gasteiger charge is -2.12. The summed E-state index contributed by atoms with van der Waals surface area (Å²) in [6.45, 7) is 5.23. The van der Waals surface area contributed by atoms with Gasteiger partial charge in [0.1, 0.15) is 0 Å². The van der Waals surface area contributed by atoms with Crippen LogP contribution in [-0.2, 0) is 16.1 Å². The van der Waals surface area contributed by atoms with E-state index in [-0.39, 0.29) is 5.91 Å². The van der Waals surface area contributed by atoms with Crippen molar-refractivity contribution in [3.05, 3.63) is 29.8 Å². The number of benzene rings is 1. The molecule has 144 valence electrons. The number of hydrogen-bond acceptors (Lipinski definition) is 3. The lowest BCUT2D eigenvalue weighted by Crippen LogP contribution is -2.37. The normalized spacial score (nSPS) is 14.2. The number of nitrogens with one attached hydrogen (secondary N) is 3. The van der Waals surface area contributed by atoms with Crippen LogP contribution >= 0.6 is 0 Å². The van der Waals surface area contributed by atoms with E-state index < -0.39 is 0 Å². The number of amides is 1. The molecule has 0 saturated heterocycles. The average Bonchev–Trinajstić information content (AvgIpc) is 3.46. The summed E-state index contributed by atoms with van der Waals surface area (Å²) >= 11 is 0. The number of carbonyl (C=O) groups is 1. The fourth-order valence-electron chi connectivity index (χ4n) is 2.48. The average molecular weight is 361 g/mol. The molecule has 1 aromatic rings. The zero-order valence-corrected chi connectivity index (χ0v) is 16.0. The van der Waals surface area contributed by atoms with E-state index in [1.807, 2.05) is 31.2 Å². The highest BCUT2D eigenvalue weighted by atomic mass is 16.5. The molecular weight excluding hydrogens is 328 g/mol. The largest absolute Gasteiger partial charge is 0.381 e. The van der Waals surface area contributed by atoms with E-state index in [0.717, 1.165) is 55.7 Å². The van der Waals surface area contributed by atoms with E-state index in [1.165, 1.54) is 12.8 Å². The van der Waals surface area contributed by atoms with Crippen LogP contribution in [0.5, 0.6) is 0 Å². The minimum atomic E-state index is 0.0593. The molecule has 6 nitrogen and oxygen atoms in total. The molecule has 1 aliphatic carbocycles. The van der Waals surface area contributed by atoms with Crippen LogP contribution < -0.4 is 16.0 Å². The number of anilines is 1. The Hall–Kier alpha value is -2.08. The Balaban J connectivity index is 1.61. The lowest BCUT2D eigenvalue weighted by molar-refractivity contribution is -0.116. The SMILES string of the molecule is CCCC(=O)Nc1ccc(CNC(=NC)NCCCOCC2CC2)cc1. The molecule has 1 aromatic carbocycles. The number of hydrogen-bond donors (Lipinski definition) is 3. The zero-order chi connectivity index (χ0) is 18.6. The minimum absolute atomic E-state index is 0.0593. The Labute approximate surface area is 156 Å². The van der Waals surface area contributed by atoms with Gasteiger partial charge >= 0.3 is 0 Å². The fraction of sp³-hybridized carbons (Fsp3) is 0.600. The summed E-state index contributed by atoms with van der Waals surface area (Å²) < 4.78 is 5.63. The first-order valence-electron chi connectivity index (χ1n) is 9.62. The van der Waals surface area contributed by atoms with Gasteiger partial charge in [0.15, 0.2) is 5.96 Å². The van der Waals surface area contributed by atoms with Crippen molar-refractivity contribution in [3.8, 4) is 0 Å². The Bertz CT molecular complexity index is 568. The van der Waals surface area contributed by atoms with Crippen LogP contribution in [0.2, 0.25) is 0 Å². The predicted octanol–water partition coefficient (Wildman–Crippen LogP) is 2.91. The second-order valence-corrected chi connectivity index (χ2v) is 6.72. The molecule has 3 N–H and O–H groups in total. The van der Waals surface area contributed by atoms with Crippen LogP contribution in [0.25, 0.3) is 0 Å². The smallest absolute Gasteiger partial charge is 0.224 e. The molecule has 0 spiro atoms. The number of rotatable bonds is 11. The fourth-order valence-corrected chi connectivity index (χ4v) is 2.48. The summed E-state index contributed by atoms with van der Waals surface area (Å²) in [5.74, 6) is 1.67. The second-order valence-electron chi connectivity index (χ2n) is 6.72. The summed E-state index contributed by atoms with van der Waals surface area (Å²) in [6, 6.07) is 7.87. The molecule has 1 saturated carbocycles. The number of aliphatic imine (C=N–C) groups is 1. The molecule has 0 bridgehead atoms. The van der Waals surface area contributed by atoms with Crippen molar-refractivity contribution in [2.75, 3.05) is 32.1 Å². The highest BCUT2D eigenvalue weighted by Crippen LogP contribution is 2.28. The first-order valence-corrected chi connectivity index (χ1v) is 9.62. The quantitative estimate of drug-likeness (QED) is 0.322. The topological polar surface area (TPSA) is 74.8 Å². The number of ether oxygens (including phenoxy) is 1. The van der Waals surface area contributed by atoms with Gasteiger partial charge in [0, 0.05) is 45.5 Å². The first-order chi connectivity index (χ1) is 12.7. The number of nitrogens with zero attached hydrogens (tertiary/aromatic N) is 1. The van der Waals surface area contributed by atoms with E-state index in [9.17, 15) is 4.79 Å². The molecule has 0 aliphatic heterocycles. The van der Waals surface area contributed by atoms with Crippen molar-refractivity contribution < 1.29 is 9.53 Å². The van der Waals surface area contributed by atoms with Crippen LogP contribution in [0.3, 0.4) is 0 Å². The standard InChI is InChI=1S/C20H32N4O2/c1-3-5-19(25)24-18-10-8-16(9-11-18)14-23-20(21-2)22-12-4-13-26-15-17-6-7-17/h8-11,17H,3-7,12-15H2,1-2H3,(H,24,25)(H2,21,22,23). The predicted molar refractivity (Wildman–Crippen MR) is 106 cm³/mol. The highest BCUT2D eigenvalue weighted by molar-refractivity contribution is 5.90. The molecule has 1 amide bonds. The van der Waals surface area contributed by atoms with E-state index >= 15 is 0 Å². The van der Waals surface area contributed by atoms with Crippen molar-refractivity contribution in [1.82, 2.24) is 10.6 Å². The molecule has 1 aliphatic rings. The van der Waals surface area contributed by atoms with Crippen LogP contribution in [-0.4, -0.2) is 38.7 Å². The van der Waals surface area contributed by atoms with Crippen molar-refractivity contribution in [2.45, 2.75) is 45.6 Å². The summed E-state index contributed by atoms with van der Waals surface area (Å²) in [6.07, 6.45) is 5.05. The van der Waals surface area contributed by atoms with Gasteiger partial charge in [-0.2, -0.15) is 0 Å². The Morgan fingerprint density at radius 1 is 1.23 bits per heavy atom. The monoisotopic (exact) mass is 360 g/mol. The van der Waals surface area contributed by atoms with Crippen LogP contribution in [0.1, 0.15) is 44.6 Å². The Morgan fingerprint density at radius 2 is 2.00 bits per heavy atom. The molecule has 1 fully saturated rings. The maximum absolute atomic E-state index is 11.6. The maximum atomic E-state index is 11.6. The van der Waals surface area contributed by atoms with E-state index in [0.29, 0.717) is 13.0 Å². The minimum Gasteiger partial charge on any atom is -0.381 e. The van der Waals surface area contributed by atoms with Gasteiger partial charge < -0.3 is 20.7 Å².